The molecule has 122 valence electrons. The summed E-state index contributed by atoms with van der Waals surface area (Å²) in [7, 11) is 0. The van der Waals surface area contributed by atoms with E-state index in [0.29, 0.717) is 22.1 Å². The highest BCUT2D eigenvalue weighted by atomic mass is 35.5. The highest BCUT2D eigenvalue weighted by Crippen LogP contribution is 2.35. The van der Waals surface area contributed by atoms with E-state index in [1.807, 2.05) is 6.07 Å². The van der Waals surface area contributed by atoms with Crippen molar-refractivity contribution in [2.24, 2.45) is 0 Å². The molecule has 1 aliphatic heterocycles. The summed E-state index contributed by atoms with van der Waals surface area (Å²) in [5.74, 6) is -0.489. The van der Waals surface area contributed by atoms with Crippen molar-refractivity contribution in [1.29, 1.82) is 0 Å². The first-order valence-corrected chi connectivity index (χ1v) is 7.55. The van der Waals surface area contributed by atoms with Gasteiger partial charge in [-0.2, -0.15) is 0 Å². The maximum atomic E-state index is 12.4. The molecule has 0 aliphatic carbocycles. The second-order valence-corrected chi connectivity index (χ2v) is 5.69. The van der Waals surface area contributed by atoms with Crippen molar-refractivity contribution < 1.29 is 24.2 Å². The lowest BCUT2D eigenvalue weighted by Crippen LogP contribution is -2.22. The number of carboxylic acids is 1. The van der Waals surface area contributed by atoms with Crippen molar-refractivity contribution in [2.75, 3.05) is 0 Å². The van der Waals surface area contributed by atoms with Gasteiger partial charge in [0, 0.05) is 11.1 Å². The molecule has 0 aromatic heterocycles. The lowest BCUT2D eigenvalue weighted by molar-refractivity contribution is -0.144. The van der Waals surface area contributed by atoms with E-state index in [1.165, 1.54) is 13.0 Å². The zero-order chi connectivity index (χ0) is 17.3. The van der Waals surface area contributed by atoms with Gasteiger partial charge in [-0.3, -0.25) is 4.79 Å². The molecule has 3 rings (SSSR count). The van der Waals surface area contributed by atoms with Crippen molar-refractivity contribution in [1.82, 2.24) is 0 Å². The second kappa shape index (κ2) is 6.37. The van der Waals surface area contributed by atoms with Crippen molar-refractivity contribution in [3.63, 3.8) is 0 Å². The Kier molecular flexibility index (Phi) is 4.27. The molecule has 1 aliphatic rings. The van der Waals surface area contributed by atoms with Gasteiger partial charge in [0.2, 0.25) is 5.78 Å². The van der Waals surface area contributed by atoms with Crippen LogP contribution in [0.15, 0.2) is 48.2 Å². The largest absolute Gasteiger partial charge is 0.479 e. The van der Waals surface area contributed by atoms with E-state index >= 15 is 0 Å². The number of rotatable bonds is 4. The normalized spacial score (nSPS) is 15.8. The molecule has 24 heavy (non-hydrogen) atoms. The monoisotopic (exact) mass is 344 g/mol. The Hall–Kier alpha value is -2.79. The Morgan fingerprint density at radius 2 is 2.08 bits per heavy atom. The number of benzene rings is 2. The minimum atomic E-state index is -1.07. The maximum Gasteiger partial charge on any atom is 0.344 e. The highest BCUT2D eigenvalue weighted by Gasteiger charge is 2.28. The molecule has 5 nitrogen and oxygen atoms in total. The molecule has 0 bridgehead atoms. The van der Waals surface area contributed by atoms with E-state index in [2.05, 4.69) is 0 Å². The number of halogens is 1. The Balaban J connectivity index is 1.86. The van der Waals surface area contributed by atoms with Crippen LogP contribution in [0, 0.1) is 0 Å². The summed E-state index contributed by atoms with van der Waals surface area (Å²) < 4.78 is 10.9. The smallest absolute Gasteiger partial charge is 0.344 e. The molecule has 0 radical (unpaired) electrons. The molecule has 0 saturated heterocycles. The van der Waals surface area contributed by atoms with Crippen LogP contribution in [0.4, 0.5) is 0 Å². The number of carboxylic acid groups (broad SMARTS) is 1. The summed E-state index contributed by atoms with van der Waals surface area (Å²) in [4.78, 5) is 23.2. The number of ether oxygens (including phenoxy) is 2. The number of fused-ring (bicyclic) bond motifs is 1. The topological polar surface area (TPSA) is 72.8 Å². The molecule has 2 aromatic carbocycles. The van der Waals surface area contributed by atoms with Crippen LogP contribution in [0.25, 0.3) is 6.08 Å². The first-order valence-electron chi connectivity index (χ1n) is 7.17. The van der Waals surface area contributed by atoms with E-state index in [4.69, 9.17) is 26.2 Å². The molecule has 0 spiro atoms. The lowest BCUT2D eigenvalue weighted by Gasteiger charge is -2.10. The minimum absolute atomic E-state index is 0.177. The van der Waals surface area contributed by atoms with Crippen molar-refractivity contribution in [3.05, 3.63) is 64.4 Å². The van der Waals surface area contributed by atoms with Crippen molar-refractivity contribution >= 4 is 29.4 Å². The Morgan fingerprint density at radius 3 is 2.79 bits per heavy atom. The van der Waals surface area contributed by atoms with Crippen LogP contribution in [0.3, 0.4) is 0 Å². The van der Waals surface area contributed by atoms with Crippen LogP contribution >= 0.6 is 11.6 Å². The van der Waals surface area contributed by atoms with Crippen LogP contribution in [-0.2, 0) is 4.79 Å². The number of carbonyl (C=O) groups is 2. The van der Waals surface area contributed by atoms with Gasteiger partial charge in [-0.1, -0.05) is 23.7 Å². The lowest BCUT2D eigenvalue weighted by atomic mass is 10.1. The number of hydrogen-bond acceptors (Lipinski definition) is 4. The highest BCUT2D eigenvalue weighted by molar-refractivity contribution is 6.30. The fourth-order valence-electron chi connectivity index (χ4n) is 2.24. The third-order valence-corrected chi connectivity index (χ3v) is 3.68. The van der Waals surface area contributed by atoms with E-state index in [1.54, 1.807) is 36.4 Å². The number of carbonyl (C=O) groups excluding carboxylic acids is 1. The molecular formula is C18H13ClO5. The molecule has 1 heterocycles. The van der Waals surface area contributed by atoms with Gasteiger partial charge in [0.25, 0.3) is 0 Å². The van der Waals surface area contributed by atoms with Gasteiger partial charge in [0.05, 0.1) is 5.56 Å². The van der Waals surface area contributed by atoms with E-state index in [9.17, 15) is 9.59 Å². The molecule has 0 unspecified atom stereocenters. The first-order chi connectivity index (χ1) is 11.4. The Labute approximate surface area is 143 Å². The fraction of sp³-hybridized carbons (Fsp3) is 0.111. The summed E-state index contributed by atoms with van der Waals surface area (Å²) in [6.07, 6.45) is 0.607. The Bertz CT molecular complexity index is 856. The molecule has 6 heteroatoms. The number of ketones is 1. The van der Waals surface area contributed by atoms with E-state index in [0.717, 1.165) is 5.56 Å². The van der Waals surface area contributed by atoms with Crippen molar-refractivity contribution in [3.8, 4) is 11.5 Å². The molecule has 0 fully saturated rings. The van der Waals surface area contributed by atoms with Gasteiger partial charge in [0.1, 0.15) is 11.5 Å². The first kappa shape index (κ1) is 16.1. The SMILES string of the molecule is C[C@H](Oc1ccc2c(c1)OC(=Cc1cccc(Cl)c1)C2=O)C(=O)O. The molecule has 2 aromatic rings. The van der Waals surface area contributed by atoms with E-state index in [-0.39, 0.29) is 11.5 Å². The predicted octanol–water partition coefficient (Wildman–Crippen LogP) is 3.81. The zero-order valence-corrected chi connectivity index (χ0v) is 13.4. The molecular weight excluding hydrogens is 332 g/mol. The molecule has 0 amide bonds. The van der Waals surface area contributed by atoms with Crippen LogP contribution < -0.4 is 9.47 Å². The average molecular weight is 345 g/mol. The van der Waals surface area contributed by atoms with Crippen LogP contribution in [0.5, 0.6) is 11.5 Å². The van der Waals surface area contributed by atoms with Gasteiger partial charge < -0.3 is 14.6 Å². The third kappa shape index (κ3) is 3.26. The average Bonchev–Trinajstić information content (AvgIpc) is 2.83. The van der Waals surface area contributed by atoms with E-state index < -0.39 is 12.1 Å². The van der Waals surface area contributed by atoms with Gasteiger partial charge in [-0.25, -0.2) is 4.79 Å². The van der Waals surface area contributed by atoms with Gasteiger partial charge in [-0.05, 0) is 42.8 Å². The van der Waals surface area contributed by atoms with Gasteiger partial charge in [0.15, 0.2) is 11.9 Å². The summed E-state index contributed by atoms with van der Waals surface area (Å²) >= 11 is 5.93. The van der Waals surface area contributed by atoms with Crippen LogP contribution in [-0.4, -0.2) is 23.0 Å². The number of Topliss-reactive ketones (excluding diaryl/α,β-unsaturated/α-hetero) is 1. The van der Waals surface area contributed by atoms with Gasteiger partial charge in [-0.15, -0.1) is 0 Å². The minimum Gasteiger partial charge on any atom is -0.479 e. The van der Waals surface area contributed by atoms with Crippen molar-refractivity contribution in [2.45, 2.75) is 13.0 Å². The molecule has 0 saturated carbocycles. The second-order valence-electron chi connectivity index (χ2n) is 5.25. The number of allylic oxidation sites excluding steroid dienone is 1. The summed E-state index contributed by atoms with van der Waals surface area (Å²) in [5.41, 5.74) is 1.15. The fourth-order valence-corrected chi connectivity index (χ4v) is 2.44. The molecule has 1 atom stereocenters. The van der Waals surface area contributed by atoms with Crippen LogP contribution in [0.2, 0.25) is 5.02 Å². The van der Waals surface area contributed by atoms with Crippen LogP contribution in [0.1, 0.15) is 22.8 Å². The Morgan fingerprint density at radius 1 is 1.29 bits per heavy atom. The molecule has 1 N–H and O–H groups in total. The summed E-state index contributed by atoms with van der Waals surface area (Å²) in [6, 6.07) is 11.6. The maximum absolute atomic E-state index is 12.4. The standard InChI is InChI=1S/C18H13ClO5/c1-10(18(21)22)23-13-5-6-14-15(9-13)24-16(17(14)20)8-11-3-2-4-12(19)7-11/h2-10H,1H3,(H,21,22)/t10-/m0/s1. The summed E-state index contributed by atoms with van der Waals surface area (Å²) in [5, 5.41) is 9.44. The summed E-state index contributed by atoms with van der Waals surface area (Å²) in [6.45, 7) is 1.42. The number of hydrogen-bond donors (Lipinski definition) is 1. The van der Waals surface area contributed by atoms with Gasteiger partial charge >= 0.3 is 5.97 Å². The zero-order valence-electron chi connectivity index (χ0n) is 12.7. The quantitative estimate of drug-likeness (QED) is 0.854. The predicted molar refractivity (Wildman–Crippen MR) is 88.6 cm³/mol. The number of aliphatic carboxylic acids is 1. The third-order valence-electron chi connectivity index (χ3n) is 3.45.